The van der Waals surface area contributed by atoms with Crippen LogP contribution >= 0.6 is 0 Å². The maximum Gasteiger partial charge on any atom is 0.159 e. The van der Waals surface area contributed by atoms with Crippen molar-refractivity contribution in [2.75, 3.05) is 13.1 Å². The third-order valence-electron chi connectivity index (χ3n) is 3.99. The van der Waals surface area contributed by atoms with Gasteiger partial charge in [0.25, 0.3) is 0 Å². The van der Waals surface area contributed by atoms with Gasteiger partial charge in [-0.25, -0.2) is 0 Å². The molecule has 0 aliphatic heterocycles. The predicted octanol–water partition coefficient (Wildman–Crippen LogP) is 3.53. The second kappa shape index (κ2) is 6.67. The van der Waals surface area contributed by atoms with Crippen molar-refractivity contribution < 1.29 is 4.79 Å². The highest BCUT2D eigenvalue weighted by Gasteiger charge is 2.26. The zero-order valence-electron chi connectivity index (χ0n) is 11.9. The summed E-state index contributed by atoms with van der Waals surface area (Å²) in [7, 11) is 0. The molecule has 0 radical (unpaired) electrons. The first kappa shape index (κ1) is 14.0. The van der Waals surface area contributed by atoms with Gasteiger partial charge in [-0.2, -0.15) is 0 Å². The standard InChI is InChI=1S/C17H23NO/c1-3-18(4-2)16-10-11-17(19)15(13-16)12-14-8-6-5-7-9-14/h5-9,12,16H,3-4,10-11,13H2,1-2H3. The summed E-state index contributed by atoms with van der Waals surface area (Å²) in [6.07, 6.45) is 4.67. The monoisotopic (exact) mass is 257 g/mol. The van der Waals surface area contributed by atoms with Crippen LogP contribution in [0.3, 0.4) is 0 Å². The Morgan fingerprint density at radius 3 is 2.53 bits per heavy atom. The van der Waals surface area contributed by atoms with Crippen LogP contribution in [-0.2, 0) is 4.79 Å². The fourth-order valence-electron chi connectivity index (χ4n) is 2.87. The van der Waals surface area contributed by atoms with E-state index in [9.17, 15) is 4.79 Å². The highest BCUT2D eigenvalue weighted by atomic mass is 16.1. The molecule has 2 nitrogen and oxygen atoms in total. The Balaban J connectivity index is 2.15. The average molecular weight is 257 g/mol. The maximum atomic E-state index is 12.1. The van der Waals surface area contributed by atoms with Crippen LogP contribution in [0.25, 0.3) is 6.08 Å². The van der Waals surface area contributed by atoms with Crippen LogP contribution in [0.2, 0.25) is 0 Å². The molecule has 1 saturated carbocycles. The number of ketones is 1. The van der Waals surface area contributed by atoms with Crippen molar-refractivity contribution in [1.29, 1.82) is 0 Å². The Hall–Kier alpha value is -1.41. The quantitative estimate of drug-likeness (QED) is 0.769. The number of carbonyl (C=O) groups is 1. The first-order valence-corrected chi connectivity index (χ1v) is 7.27. The molecule has 0 amide bonds. The fraction of sp³-hybridized carbons (Fsp3) is 0.471. The van der Waals surface area contributed by atoms with Gasteiger partial charge in [0.15, 0.2) is 5.78 Å². The third-order valence-corrected chi connectivity index (χ3v) is 3.99. The Morgan fingerprint density at radius 2 is 1.89 bits per heavy atom. The molecule has 102 valence electrons. The number of nitrogens with zero attached hydrogens (tertiary/aromatic N) is 1. The summed E-state index contributed by atoms with van der Waals surface area (Å²) in [5.74, 6) is 0.326. The van der Waals surface area contributed by atoms with Crippen molar-refractivity contribution in [3.63, 3.8) is 0 Å². The molecule has 1 aromatic carbocycles. The van der Waals surface area contributed by atoms with E-state index in [0.717, 1.165) is 37.1 Å². The number of benzene rings is 1. The third kappa shape index (κ3) is 3.54. The van der Waals surface area contributed by atoms with Crippen LogP contribution in [-0.4, -0.2) is 29.8 Å². The Morgan fingerprint density at radius 1 is 1.21 bits per heavy atom. The number of Topliss-reactive ketones (excluding diaryl/α,β-unsaturated/α-hetero) is 1. The molecule has 0 bridgehead atoms. The SMILES string of the molecule is CCN(CC)C1CCC(=O)C(=Cc2ccccc2)C1. The molecule has 0 aromatic heterocycles. The summed E-state index contributed by atoms with van der Waals surface area (Å²) in [6.45, 7) is 6.52. The fourth-order valence-corrected chi connectivity index (χ4v) is 2.87. The zero-order valence-corrected chi connectivity index (χ0v) is 11.9. The van der Waals surface area contributed by atoms with Gasteiger partial charge in [-0.3, -0.25) is 4.79 Å². The molecule has 2 rings (SSSR count). The normalized spacial score (nSPS) is 22.2. The summed E-state index contributed by atoms with van der Waals surface area (Å²) in [5.41, 5.74) is 2.13. The summed E-state index contributed by atoms with van der Waals surface area (Å²) in [4.78, 5) is 14.5. The van der Waals surface area contributed by atoms with Gasteiger partial charge in [-0.1, -0.05) is 44.2 Å². The van der Waals surface area contributed by atoms with E-state index in [2.05, 4.69) is 37.0 Å². The van der Waals surface area contributed by atoms with E-state index in [1.54, 1.807) is 0 Å². The molecule has 1 atom stereocenters. The molecule has 1 fully saturated rings. The van der Waals surface area contributed by atoms with Crippen molar-refractivity contribution in [3.8, 4) is 0 Å². The maximum absolute atomic E-state index is 12.1. The van der Waals surface area contributed by atoms with Crippen LogP contribution in [0.1, 0.15) is 38.7 Å². The van der Waals surface area contributed by atoms with Crippen molar-refractivity contribution in [1.82, 2.24) is 4.90 Å². The van der Waals surface area contributed by atoms with E-state index in [-0.39, 0.29) is 0 Å². The van der Waals surface area contributed by atoms with E-state index in [1.165, 1.54) is 0 Å². The highest BCUT2D eigenvalue weighted by molar-refractivity contribution is 6.00. The first-order valence-electron chi connectivity index (χ1n) is 7.27. The molecule has 0 saturated heterocycles. The van der Waals surface area contributed by atoms with Gasteiger partial charge in [0, 0.05) is 12.5 Å². The van der Waals surface area contributed by atoms with Gasteiger partial charge < -0.3 is 4.90 Å². The molecule has 0 N–H and O–H groups in total. The molecular weight excluding hydrogens is 234 g/mol. The topological polar surface area (TPSA) is 20.3 Å². The smallest absolute Gasteiger partial charge is 0.159 e. The molecule has 1 aliphatic rings. The van der Waals surface area contributed by atoms with E-state index in [1.807, 2.05) is 18.2 Å². The summed E-state index contributed by atoms with van der Waals surface area (Å²) < 4.78 is 0. The zero-order chi connectivity index (χ0) is 13.7. The summed E-state index contributed by atoms with van der Waals surface area (Å²) in [6, 6.07) is 10.7. The van der Waals surface area contributed by atoms with Crippen LogP contribution in [0.4, 0.5) is 0 Å². The molecule has 1 aliphatic carbocycles. The Kier molecular flexibility index (Phi) is 4.92. The number of rotatable bonds is 4. The molecule has 19 heavy (non-hydrogen) atoms. The van der Waals surface area contributed by atoms with Crippen molar-refractivity contribution in [2.45, 2.75) is 39.2 Å². The van der Waals surface area contributed by atoms with Crippen LogP contribution < -0.4 is 0 Å². The number of carbonyl (C=O) groups excluding carboxylic acids is 1. The van der Waals surface area contributed by atoms with Gasteiger partial charge in [0.2, 0.25) is 0 Å². The largest absolute Gasteiger partial charge is 0.301 e. The van der Waals surface area contributed by atoms with Crippen LogP contribution in [0.15, 0.2) is 35.9 Å². The average Bonchev–Trinajstić information content (AvgIpc) is 2.45. The lowest BCUT2D eigenvalue weighted by Crippen LogP contribution is -2.38. The molecule has 0 heterocycles. The second-order valence-electron chi connectivity index (χ2n) is 5.12. The molecule has 0 spiro atoms. The Labute approximate surface area is 116 Å². The summed E-state index contributed by atoms with van der Waals surface area (Å²) >= 11 is 0. The second-order valence-corrected chi connectivity index (χ2v) is 5.12. The molecule has 2 heteroatoms. The summed E-state index contributed by atoms with van der Waals surface area (Å²) in [5, 5.41) is 0. The lowest BCUT2D eigenvalue weighted by Gasteiger charge is -2.33. The van der Waals surface area contributed by atoms with Gasteiger partial charge >= 0.3 is 0 Å². The van der Waals surface area contributed by atoms with Gasteiger partial charge in [-0.15, -0.1) is 0 Å². The lowest BCUT2D eigenvalue weighted by atomic mass is 9.87. The predicted molar refractivity (Wildman–Crippen MR) is 80.0 cm³/mol. The van der Waals surface area contributed by atoms with Gasteiger partial charge in [-0.05, 0) is 43.1 Å². The van der Waals surface area contributed by atoms with Gasteiger partial charge in [0.1, 0.15) is 0 Å². The van der Waals surface area contributed by atoms with E-state index in [0.29, 0.717) is 18.2 Å². The van der Waals surface area contributed by atoms with Gasteiger partial charge in [0.05, 0.1) is 0 Å². The minimum atomic E-state index is 0.326. The van der Waals surface area contributed by atoms with Crippen molar-refractivity contribution >= 4 is 11.9 Å². The number of hydrogen-bond acceptors (Lipinski definition) is 2. The Bertz CT molecular complexity index is 446. The highest BCUT2D eigenvalue weighted by Crippen LogP contribution is 2.26. The van der Waals surface area contributed by atoms with Crippen LogP contribution in [0.5, 0.6) is 0 Å². The number of hydrogen-bond donors (Lipinski definition) is 0. The minimum absolute atomic E-state index is 0.326. The molecule has 1 unspecified atom stereocenters. The lowest BCUT2D eigenvalue weighted by molar-refractivity contribution is -0.117. The minimum Gasteiger partial charge on any atom is -0.301 e. The molecular formula is C17H23NO. The van der Waals surface area contributed by atoms with E-state index < -0.39 is 0 Å². The first-order chi connectivity index (χ1) is 9.24. The van der Waals surface area contributed by atoms with Crippen LogP contribution in [0, 0.1) is 0 Å². The molecule has 1 aromatic rings. The van der Waals surface area contributed by atoms with E-state index in [4.69, 9.17) is 0 Å². The van der Waals surface area contributed by atoms with Crippen molar-refractivity contribution in [2.24, 2.45) is 0 Å². The van der Waals surface area contributed by atoms with E-state index >= 15 is 0 Å². The van der Waals surface area contributed by atoms with Crippen molar-refractivity contribution in [3.05, 3.63) is 41.5 Å².